The molecular weight excluding hydrogens is 144 g/mol. The Labute approximate surface area is 66.4 Å². The first-order chi connectivity index (χ1) is 5.15. The fourth-order valence-corrected chi connectivity index (χ4v) is 1.56. The summed E-state index contributed by atoms with van der Waals surface area (Å²) in [5.41, 5.74) is 0. The zero-order valence-corrected chi connectivity index (χ0v) is 6.91. The molecule has 1 aliphatic carbocycles. The van der Waals surface area contributed by atoms with E-state index in [1.807, 2.05) is 0 Å². The summed E-state index contributed by atoms with van der Waals surface area (Å²) in [7, 11) is 1.57. The lowest BCUT2D eigenvalue weighted by Crippen LogP contribution is -2.20. The molecule has 0 unspecified atom stereocenters. The van der Waals surface area contributed by atoms with Crippen molar-refractivity contribution in [1.29, 1.82) is 0 Å². The Balaban J connectivity index is 2.49. The van der Waals surface area contributed by atoms with Crippen LogP contribution in [0.2, 0.25) is 0 Å². The number of ketones is 1. The molecule has 0 radical (unpaired) electrons. The van der Waals surface area contributed by atoms with Gasteiger partial charge in [0, 0.05) is 13.0 Å². The zero-order chi connectivity index (χ0) is 8.43. The number of hydrogen-bond acceptors (Lipinski definition) is 3. The second-order valence-corrected chi connectivity index (χ2v) is 3.12. The van der Waals surface area contributed by atoms with Gasteiger partial charge in [0.15, 0.2) is 0 Å². The van der Waals surface area contributed by atoms with E-state index in [0.717, 1.165) is 0 Å². The molecule has 0 saturated heterocycles. The summed E-state index contributed by atoms with van der Waals surface area (Å²) in [4.78, 5) is 10.9. The average molecular weight is 158 g/mol. The highest BCUT2D eigenvalue weighted by molar-refractivity contribution is 5.78. The number of hydrogen-bond donors (Lipinski definition) is 1. The quantitative estimate of drug-likeness (QED) is 0.631. The third kappa shape index (κ3) is 1.79. The lowest BCUT2D eigenvalue weighted by molar-refractivity contribution is -0.120. The highest BCUT2D eigenvalue weighted by Gasteiger charge is 2.34. The van der Waals surface area contributed by atoms with Gasteiger partial charge in [0.2, 0.25) is 0 Å². The van der Waals surface area contributed by atoms with E-state index in [4.69, 9.17) is 4.74 Å². The molecular formula is C8H14O3. The summed E-state index contributed by atoms with van der Waals surface area (Å²) in [5.74, 6) is 0.165. The normalized spacial score (nSPS) is 37.5. The lowest BCUT2D eigenvalue weighted by atomic mass is 10.0. The average Bonchev–Trinajstić information content (AvgIpc) is 2.31. The van der Waals surface area contributed by atoms with Crippen LogP contribution in [0, 0.1) is 5.92 Å². The van der Waals surface area contributed by atoms with E-state index in [1.165, 1.54) is 0 Å². The zero-order valence-electron chi connectivity index (χ0n) is 6.91. The van der Waals surface area contributed by atoms with E-state index >= 15 is 0 Å². The number of Topliss-reactive ketones (excluding diaryl/α,β-unsaturated/α-hetero) is 1. The van der Waals surface area contributed by atoms with E-state index in [1.54, 1.807) is 14.0 Å². The van der Waals surface area contributed by atoms with Crippen molar-refractivity contribution in [2.24, 2.45) is 5.92 Å². The third-order valence-corrected chi connectivity index (χ3v) is 2.35. The molecule has 0 aromatic carbocycles. The molecule has 0 aromatic rings. The molecule has 0 heterocycles. The van der Waals surface area contributed by atoms with E-state index in [0.29, 0.717) is 12.8 Å². The van der Waals surface area contributed by atoms with Crippen LogP contribution in [-0.2, 0) is 9.53 Å². The van der Waals surface area contributed by atoms with Crippen molar-refractivity contribution in [1.82, 2.24) is 0 Å². The molecule has 1 N–H and O–H groups in total. The van der Waals surface area contributed by atoms with Gasteiger partial charge in [0.1, 0.15) is 5.78 Å². The van der Waals surface area contributed by atoms with Crippen molar-refractivity contribution < 1.29 is 14.6 Å². The van der Waals surface area contributed by atoms with Gasteiger partial charge < -0.3 is 9.84 Å². The number of rotatable bonds is 2. The van der Waals surface area contributed by atoms with Crippen molar-refractivity contribution in [3.63, 3.8) is 0 Å². The van der Waals surface area contributed by atoms with Crippen molar-refractivity contribution >= 4 is 5.78 Å². The molecule has 0 aliphatic heterocycles. The van der Waals surface area contributed by atoms with Gasteiger partial charge in [-0.3, -0.25) is 4.79 Å². The Kier molecular flexibility index (Phi) is 2.62. The van der Waals surface area contributed by atoms with Crippen LogP contribution in [0.3, 0.4) is 0 Å². The van der Waals surface area contributed by atoms with Crippen LogP contribution in [0.15, 0.2) is 0 Å². The van der Waals surface area contributed by atoms with Crippen LogP contribution in [0.5, 0.6) is 0 Å². The van der Waals surface area contributed by atoms with Crippen LogP contribution < -0.4 is 0 Å². The molecule has 0 spiro atoms. The van der Waals surface area contributed by atoms with Gasteiger partial charge in [-0.15, -0.1) is 0 Å². The summed E-state index contributed by atoms with van der Waals surface area (Å²) < 4.78 is 5.00. The smallest absolute Gasteiger partial charge is 0.133 e. The lowest BCUT2D eigenvalue weighted by Gasteiger charge is -2.10. The van der Waals surface area contributed by atoms with Gasteiger partial charge in [0.05, 0.1) is 12.2 Å². The number of aliphatic hydroxyl groups is 1. The van der Waals surface area contributed by atoms with Crippen molar-refractivity contribution in [2.75, 3.05) is 7.11 Å². The van der Waals surface area contributed by atoms with E-state index in [2.05, 4.69) is 0 Å². The van der Waals surface area contributed by atoms with Crippen LogP contribution in [-0.4, -0.2) is 30.2 Å². The molecule has 1 saturated carbocycles. The molecule has 11 heavy (non-hydrogen) atoms. The first kappa shape index (κ1) is 8.68. The van der Waals surface area contributed by atoms with Crippen molar-refractivity contribution in [3.8, 4) is 0 Å². The van der Waals surface area contributed by atoms with Gasteiger partial charge in [0.25, 0.3) is 0 Å². The molecule has 3 atom stereocenters. The minimum Gasteiger partial charge on any atom is -0.390 e. The maximum absolute atomic E-state index is 10.9. The van der Waals surface area contributed by atoms with Crippen LogP contribution in [0.4, 0.5) is 0 Å². The Morgan fingerprint density at radius 2 is 2.18 bits per heavy atom. The van der Waals surface area contributed by atoms with Gasteiger partial charge >= 0.3 is 0 Å². The number of carbonyl (C=O) groups excluding carboxylic acids is 1. The van der Waals surface area contributed by atoms with E-state index < -0.39 is 6.10 Å². The SMILES string of the molecule is CO[C@@H]1C[C@@H](C(C)=O)C[C@@H]1O. The Hall–Kier alpha value is -0.410. The summed E-state index contributed by atoms with van der Waals surface area (Å²) in [6.07, 6.45) is 0.652. The predicted octanol–water partition coefficient (Wildman–Crippen LogP) is 0.361. The molecule has 1 fully saturated rings. The van der Waals surface area contributed by atoms with E-state index in [-0.39, 0.29) is 17.8 Å². The molecule has 0 aromatic heterocycles. The standard InChI is InChI=1S/C8H14O3/c1-5(9)6-3-7(10)8(4-6)11-2/h6-8,10H,3-4H2,1-2H3/t6-,7-,8+/m0/s1. The fourth-order valence-electron chi connectivity index (χ4n) is 1.56. The highest BCUT2D eigenvalue weighted by Crippen LogP contribution is 2.28. The summed E-state index contributed by atoms with van der Waals surface area (Å²) in [5, 5.41) is 9.33. The minimum absolute atomic E-state index is 0.00921. The van der Waals surface area contributed by atoms with E-state index in [9.17, 15) is 9.90 Å². The molecule has 0 amide bonds. The monoisotopic (exact) mass is 158 g/mol. The van der Waals surface area contributed by atoms with Crippen LogP contribution in [0.1, 0.15) is 19.8 Å². The Morgan fingerprint density at radius 3 is 2.45 bits per heavy atom. The van der Waals surface area contributed by atoms with Gasteiger partial charge in [-0.1, -0.05) is 0 Å². The maximum atomic E-state index is 10.9. The highest BCUT2D eigenvalue weighted by atomic mass is 16.5. The molecule has 1 aliphatic rings. The number of ether oxygens (including phenoxy) is 1. The first-order valence-corrected chi connectivity index (χ1v) is 3.86. The minimum atomic E-state index is -0.450. The van der Waals surface area contributed by atoms with Gasteiger partial charge in [-0.2, -0.15) is 0 Å². The fraction of sp³-hybridized carbons (Fsp3) is 0.875. The third-order valence-electron chi connectivity index (χ3n) is 2.35. The predicted molar refractivity (Wildman–Crippen MR) is 40.2 cm³/mol. The summed E-state index contributed by atoms with van der Waals surface area (Å²) in [6.45, 7) is 1.56. The summed E-state index contributed by atoms with van der Waals surface area (Å²) >= 11 is 0. The van der Waals surface area contributed by atoms with Crippen LogP contribution in [0.25, 0.3) is 0 Å². The first-order valence-electron chi connectivity index (χ1n) is 3.86. The van der Waals surface area contributed by atoms with Gasteiger partial charge in [-0.05, 0) is 19.8 Å². The molecule has 0 bridgehead atoms. The van der Waals surface area contributed by atoms with Crippen molar-refractivity contribution in [3.05, 3.63) is 0 Å². The Bertz CT molecular complexity index is 155. The summed E-state index contributed by atoms with van der Waals surface area (Å²) in [6, 6.07) is 0. The topological polar surface area (TPSA) is 46.5 Å². The second kappa shape index (κ2) is 3.32. The number of carbonyl (C=O) groups is 1. The second-order valence-electron chi connectivity index (χ2n) is 3.12. The largest absolute Gasteiger partial charge is 0.390 e. The molecule has 1 rings (SSSR count). The number of methoxy groups -OCH3 is 1. The van der Waals surface area contributed by atoms with Crippen LogP contribution >= 0.6 is 0 Å². The van der Waals surface area contributed by atoms with Gasteiger partial charge in [-0.25, -0.2) is 0 Å². The number of aliphatic hydroxyl groups excluding tert-OH is 1. The maximum Gasteiger partial charge on any atom is 0.133 e. The molecule has 64 valence electrons. The van der Waals surface area contributed by atoms with Crippen molar-refractivity contribution in [2.45, 2.75) is 32.0 Å². The molecule has 3 heteroatoms. The Morgan fingerprint density at radius 1 is 1.55 bits per heavy atom. The molecule has 3 nitrogen and oxygen atoms in total.